The van der Waals surface area contributed by atoms with Crippen LogP contribution in [0.4, 0.5) is 22.7 Å². The number of anilines is 4. The smallest absolute Gasteiger partial charge is 0.195 e. The quantitative estimate of drug-likeness (QED) is 0.214. The topological polar surface area (TPSA) is 58.2 Å². The third kappa shape index (κ3) is 5.44. The van der Waals surface area contributed by atoms with Crippen LogP contribution in [0.2, 0.25) is 0 Å². The number of nitrogens with one attached hydrogen (secondary N) is 2. The third-order valence-corrected chi connectivity index (χ3v) is 8.35. The van der Waals surface area contributed by atoms with Gasteiger partial charge in [-0.3, -0.25) is 9.59 Å². The van der Waals surface area contributed by atoms with Crippen molar-refractivity contribution in [2.75, 3.05) is 10.6 Å². The van der Waals surface area contributed by atoms with Crippen molar-refractivity contribution < 1.29 is 9.59 Å². The van der Waals surface area contributed by atoms with Gasteiger partial charge in [0, 0.05) is 50.6 Å². The van der Waals surface area contributed by atoms with Crippen LogP contribution in [0.15, 0.2) is 109 Å². The summed E-state index contributed by atoms with van der Waals surface area (Å²) in [5, 5.41) is 7.24. The van der Waals surface area contributed by atoms with Crippen LogP contribution in [0.5, 0.6) is 0 Å². The second-order valence-electron chi connectivity index (χ2n) is 13.6. The van der Waals surface area contributed by atoms with Crippen molar-refractivity contribution in [3.05, 3.63) is 143 Å². The van der Waals surface area contributed by atoms with Crippen LogP contribution >= 0.6 is 0 Å². The molecule has 0 saturated carbocycles. The molecule has 5 aromatic carbocycles. The lowest BCUT2D eigenvalue weighted by molar-refractivity contribution is 0.0979. The number of rotatable bonds is 5. The molecule has 4 heteroatoms. The molecule has 2 N–H and O–H groups in total. The van der Waals surface area contributed by atoms with Crippen molar-refractivity contribution in [2.24, 2.45) is 0 Å². The van der Waals surface area contributed by atoms with E-state index in [0.29, 0.717) is 27.8 Å². The second kappa shape index (κ2) is 10.9. The SMILES string of the molecule is CC(C)(C)c1ccc(Nc2cccc(Nc3ccc(C(C)(C)C)cc3)c2-c2cccc3c2C(=O)c2ccccc2C3=O)cc1. The summed E-state index contributed by atoms with van der Waals surface area (Å²) in [7, 11) is 0. The first-order valence-corrected chi connectivity index (χ1v) is 15.1. The monoisotopic (exact) mass is 578 g/mol. The van der Waals surface area contributed by atoms with Gasteiger partial charge in [0.25, 0.3) is 0 Å². The van der Waals surface area contributed by atoms with E-state index in [2.05, 4.69) is 101 Å². The van der Waals surface area contributed by atoms with Crippen LogP contribution in [-0.2, 0) is 10.8 Å². The van der Waals surface area contributed by atoms with Gasteiger partial charge in [-0.25, -0.2) is 0 Å². The molecule has 0 atom stereocenters. The fourth-order valence-corrected chi connectivity index (χ4v) is 5.82. The van der Waals surface area contributed by atoms with Crippen molar-refractivity contribution in [2.45, 2.75) is 52.4 Å². The van der Waals surface area contributed by atoms with E-state index in [-0.39, 0.29) is 22.4 Å². The van der Waals surface area contributed by atoms with E-state index < -0.39 is 0 Å². The average molecular weight is 579 g/mol. The summed E-state index contributed by atoms with van der Waals surface area (Å²) in [4.78, 5) is 27.7. The van der Waals surface area contributed by atoms with Crippen molar-refractivity contribution >= 4 is 34.3 Å². The number of hydrogen-bond donors (Lipinski definition) is 2. The Kier molecular flexibility index (Phi) is 7.25. The molecular weight excluding hydrogens is 540 g/mol. The molecule has 0 heterocycles. The van der Waals surface area contributed by atoms with E-state index in [4.69, 9.17) is 0 Å². The standard InChI is InChI=1S/C40H38N2O2/c1-39(2,3)25-17-21-27(22-18-25)41-33-15-10-16-34(42-28-23-19-26(20-24-28)40(4,5)6)36(33)31-13-9-14-32-35(31)38(44)30-12-8-7-11-29(30)37(32)43/h7-24,41-42H,1-6H3. The molecule has 5 aromatic rings. The highest BCUT2D eigenvalue weighted by molar-refractivity contribution is 6.30. The molecule has 0 unspecified atom stereocenters. The van der Waals surface area contributed by atoms with Gasteiger partial charge < -0.3 is 10.6 Å². The van der Waals surface area contributed by atoms with Gasteiger partial charge in [-0.15, -0.1) is 0 Å². The fraction of sp³-hybridized carbons (Fsp3) is 0.200. The molecule has 220 valence electrons. The molecule has 0 spiro atoms. The zero-order valence-corrected chi connectivity index (χ0v) is 26.2. The normalized spacial score (nSPS) is 12.9. The maximum absolute atomic E-state index is 14.1. The average Bonchev–Trinajstić information content (AvgIpc) is 2.99. The van der Waals surface area contributed by atoms with Crippen LogP contribution in [0.1, 0.15) is 84.5 Å². The molecule has 44 heavy (non-hydrogen) atoms. The minimum atomic E-state index is -0.143. The van der Waals surface area contributed by atoms with Crippen LogP contribution in [-0.4, -0.2) is 11.6 Å². The molecular formula is C40H38N2O2. The number of ketones is 2. The van der Waals surface area contributed by atoms with Crippen LogP contribution in [0.25, 0.3) is 11.1 Å². The van der Waals surface area contributed by atoms with Gasteiger partial charge in [-0.1, -0.05) is 114 Å². The predicted octanol–water partition coefficient (Wildman–Crippen LogP) is 10.2. The fourth-order valence-electron chi connectivity index (χ4n) is 5.82. The molecule has 0 fully saturated rings. The molecule has 0 amide bonds. The van der Waals surface area contributed by atoms with E-state index in [1.807, 2.05) is 36.4 Å². The molecule has 4 nitrogen and oxygen atoms in total. The Labute approximate surface area is 260 Å². The first-order chi connectivity index (χ1) is 20.9. The summed E-state index contributed by atoms with van der Waals surface area (Å²) in [6, 6.07) is 35.6. The highest BCUT2D eigenvalue weighted by Crippen LogP contribution is 2.43. The summed E-state index contributed by atoms with van der Waals surface area (Å²) in [6.45, 7) is 13.2. The molecule has 0 aliphatic heterocycles. The number of carbonyl (C=O) groups excluding carboxylic acids is 2. The van der Waals surface area contributed by atoms with E-state index in [1.54, 1.807) is 24.3 Å². The Hall–Kier alpha value is -4.96. The van der Waals surface area contributed by atoms with Crippen molar-refractivity contribution in [1.82, 2.24) is 0 Å². The molecule has 0 bridgehead atoms. The molecule has 0 radical (unpaired) electrons. The Morgan fingerprint density at radius 3 is 1.30 bits per heavy atom. The first-order valence-electron chi connectivity index (χ1n) is 15.1. The lowest BCUT2D eigenvalue weighted by atomic mass is 9.80. The Balaban J connectivity index is 1.50. The lowest BCUT2D eigenvalue weighted by Crippen LogP contribution is -2.21. The third-order valence-electron chi connectivity index (χ3n) is 8.35. The van der Waals surface area contributed by atoms with E-state index in [9.17, 15) is 9.59 Å². The van der Waals surface area contributed by atoms with Gasteiger partial charge in [-0.05, 0) is 63.9 Å². The van der Waals surface area contributed by atoms with E-state index in [0.717, 1.165) is 28.3 Å². The first kappa shape index (κ1) is 29.1. The summed E-state index contributed by atoms with van der Waals surface area (Å²) < 4.78 is 0. The summed E-state index contributed by atoms with van der Waals surface area (Å²) in [5.41, 5.74) is 9.39. The van der Waals surface area contributed by atoms with Crippen molar-refractivity contribution in [1.29, 1.82) is 0 Å². The largest absolute Gasteiger partial charge is 0.355 e. The highest BCUT2D eigenvalue weighted by Gasteiger charge is 2.32. The van der Waals surface area contributed by atoms with Gasteiger partial charge in [-0.2, -0.15) is 0 Å². The molecule has 6 rings (SSSR count). The van der Waals surface area contributed by atoms with Crippen molar-refractivity contribution in [3.63, 3.8) is 0 Å². The number of benzene rings is 5. The maximum atomic E-state index is 14.1. The van der Waals surface area contributed by atoms with Crippen LogP contribution < -0.4 is 10.6 Å². The molecule has 1 aliphatic carbocycles. The Morgan fingerprint density at radius 1 is 0.409 bits per heavy atom. The molecule has 0 saturated heterocycles. The maximum Gasteiger partial charge on any atom is 0.195 e. The summed E-state index contributed by atoms with van der Waals surface area (Å²) in [5.74, 6) is -0.275. The van der Waals surface area contributed by atoms with Crippen molar-refractivity contribution in [3.8, 4) is 11.1 Å². The number of carbonyl (C=O) groups is 2. The lowest BCUT2D eigenvalue weighted by Gasteiger charge is -2.24. The van der Waals surface area contributed by atoms with Gasteiger partial charge in [0.15, 0.2) is 11.6 Å². The highest BCUT2D eigenvalue weighted by atomic mass is 16.1. The van der Waals surface area contributed by atoms with Gasteiger partial charge >= 0.3 is 0 Å². The minimum absolute atomic E-state index is 0.0440. The molecule has 0 aromatic heterocycles. The van der Waals surface area contributed by atoms with Gasteiger partial charge in [0.1, 0.15) is 0 Å². The summed E-state index contributed by atoms with van der Waals surface area (Å²) >= 11 is 0. The minimum Gasteiger partial charge on any atom is -0.355 e. The Morgan fingerprint density at radius 2 is 0.818 bits per heavy atom. The Bertz CT molecular complexity index is 1810. The number of hydrogen-bond acceptors (Lipinski definition) is 4. The summed E-state index contributed by atoms with van der Waals surface area (Å²) in [6.07, 6.45) is 0. The second-order valence-corrected chi connectivity index (χ2v) is 13.6. The number of fused-ring (bicyclic) bond motifs is 2. The van der Waals surface area contributed by atoms with Gasteiger partial charge in [0.05, 0.1) is 0 Å². The van der Waals surface area contributed by atoms with E-state index in [1.165, 1.54) is 11.1 Å². The zero-order valence-electron chi connectivity index (χ0n) is 26.2. The predicted molar refractivity (Wildman–Crippen MR) is 182 cm³/mol. The molecule has 1 aliphatic rings. The van der Waals surface area contributed by atoms with E-state index >= 15 is 0 Å². The van der Waals surface area contributed by atoms with Gasteiger partial charge in [0.2, 0.25) is 0 Å². The van der Waals surface area contributed by atoms with Crippen LogP contribution in [0.3, 0.4) is 0 Å². The zero-order chi connectivity index (χ0) is 31.2. The van der Waals surface area contributed by atoms with Crippen LogP contribution in [0, 0.1) is 0 Å².